The highest BCUT2D eigenvalue weighted by molar-refractivity contribution is 7.91. The van der Waals surface area contributed by atoms with Crippen molar-refractivity contribution in [2.75, 3.05) is 19.6 Å². The number of sulfonamides is 1. The molecule has 140 valence electrons. The highest BCUT2D eigenvalue weighted by Crippen LogP contribution is 2.27. The molecule has 0 saturated carbocycles. The van der Waals surface area contributed by atoms with Gasteiger partial charge >= 0.3 is 6.03 Å². The van der Waals surface area contributed by atoms with E-state index in [1.165, 1.54) is 21.8 Å². The monoisotopic (exact) mass is 411 g/mol. The molecule has 2 aliphatic heterocycles. The van der Waals surface area contributed by atoms with Crippen LogP contribution in [0.25, 0.3) is 0 Å². The lowest BCUT2D eigenvalue weighted by Crippen LogP contribution is -2.42. The highest BCUT2D eigenvalue weighted by Gasteiger charge is 2.28. The molecule has 0 unspecified atom stereocenters. The van der Waals surface area contributed by atoms with E-state index >= 15 is 0 Å². The fourth-order valence-corrected chi connectivity index (χ4v) is 7.20. The van der Waals surface area contributed by atoms with Crippen molar-refractivity contribution in [3.63, 3.8) is 0 Å². The van der Waals surface area contributed by atoms with E-state index in [0.717, 1.165) is 30.7 Å². The van der Waals surface area contributed by atoms with Crippen LogP contribution in [-0.2, 0) is 29.5 Å². The first-order chi connectivity index (χ1) is 12.5. The summed E-state index contributed by atoms with van der Waals surface area (Å²) in [4.78, 5) is 16.4. The summed E-state index contributed by atoms with van der Waals surface area (Å²) < 4.78 is 27.0. The van der Waals surface area contributed by atoms with Crippen molar-refractivity contribution in [3.05, 3.63) is 38.9 Å². The smallest absolute Gasteiger partial charge is 0.318 e. The van der Waals surface area contributed by atoms with E-state index in [1.807, 2.05) is 4.90 Å². The summed E-state index contributed by atoms with van der Waals surface area (Å²) in [5, 5.41) is 4.99. The van der Waals surface area contributed by atoms with Gasteiger partial charge in [-0.2, -0.15) is 4.31 Å². The maximum absolute atomic E-state index is 12.6. The molecule has 0 aliphatic carbocycles. The molecule has 0 bridgehead atoms. The lowest BCUT2D eigenvalue weighted by molar-refractivity contribution is 0.192. The average Bonchev–Trinajstić information content (AvgIpc) is 3.40. The molecule has 4 heterocycles. The van der Waals surface area contributed by atoms with Crippen LogP contribution in [0, 0.1) is 0 Å². The van der Waals surface area contributed by atoms with Gasteiger partial charge in [-0.3, -0.25) is 0 Å². The van der Waals surface area contributed by atoms with Crippen molar-refractivity contribution in [3.8, 4) is 0 Å². The first-order valence-corrected chi connectivity index (χ1v) is 11.8. The second-order valence-electron chi connectivity index (χ2n) is 6.53. The summed E-state index contributed by atoms with van der Waals surface area (Å²) in [6.07, 6.45) is 2.75. The molecule has 0 spiro atoms. The Morgan fingerprint density at radius 2 is 1.96 bits per heavy atom. The van der Waals surface area contributed by atoms with Gasteiger partial charge in [0.2, 0.25) is 0 Å². The quantitative estimate of drug-likeness (QED) is 0.841. The molecule has 2 aliphatic rings. The lowest BCUT2D eigenvalue weighted by atomic mass is 10.1. The van der Waals surface area contributed by atoms with E-state index < -0.39 is 10.0 Å². The minimum absolute atomic E-state index is 0.0980. The Hall–Kier alpha value is -1.42. The summed E-state index contributed by atoms with van der Waals surface area (Å²) in [6.45, 7) is 2.92. The van der Waals surface area contributed by atoms with Gasteiger partial charge in [-0.25, -0.2) is 13.2 Å². The van der Waals surface area contributed by atoms with Gasteiger partial charge in [0.1, 0.15) is 4.21 Å². The molecule has 26 heavy (non-hydrogen) atoms. The van der Waals surface area contributed by atoms with Crippen LogP contribution in [0.2, 0.25) is 0 Å². The maximum atomic E-state index is 12.6. The molecule has 9 heteroatoms. The third kappa shape index (κ3) is 3.53. The zero-order chi connectivity index (χ0) is 18.1. The number of carbonyl (C=O) groups is 1. The van der Waals surface area contributed by atoms with E-state index in [-0.39, 0.29) is 6.03 Å². The van der Waals surface area contributed by atoms with Crippen molar-refractivity contribution < 1.29 is 13.2 Å². The largest absolute Gasteiger partial charge is 0.333 e. The number of hydrogen-bond acceptors (Lipinski definition) is 5. The molecule has 2 aromatic heterocycles. The predicted octanol–water partition coefficient (Wildman–Crippen LogP) is 2.86. The van der Waals surface area contributed by atoms with Crippen molar-refractivity contribution in [1.82, 2.24) is 14.5 Å². The molecule has 1 fully saturated rings. The Kier molecular flexibility index (Phi) is 5.05. The fraction of sp³-hybridized carbons (Fsp3) is 0.471. The third-order valence-corrected chi connectivity index (χ3v) is 9.28. The van der Waals surface area contributed by atoms with Gasteiger partial charge in [0.15, 0.2) is 0 Å². The summed E-state index contributed by atoms with van der Waals surface area (Å²) in [7, 11) is -3.37. The zero-order valence-corrected chi connectivity index (χ0v) is 16.8. The van der Waals surface area contributed by atoms with E-state index in [4.69, 9.17) is 0 Å². The number of fused-ring (bicyclic) bond motifs is 1. The lowest BCUT2D eigenvalue weighted by Gasteiger charge is -2.27. The number of nitrogens with zero attached hydrogens (tertiary/aromatic N) is 2. The molecule has 2 aromatic rings. The standard InChI is InChI=1S/C17H21N3O3S3/c21-17(19-9-5-15-13(12-19)6-10-24-15)18-11-14-3-4-16(25-14)26(22,23)20-7-1-2-8-20/h3-4,6,10H,1-2,5,7-9,11-12H2,(H,18,21). The van der Waals surface area contributed by atoms with Crippen LogP contribution in [0.1, 0.15) is 28.2 Å². The Labute approximate surface area is 161 Å². The average molecular weight is 412 g/mol. The van der Waals surface area contributed by atoms with Crippen molar-refractivity contribution in [1.29, 1.82) is 0 Å². The van der Waals surface area contributed by atoms with E-state index in [1.54, 1.807) is 27.8 Å². The Balaban J connectivity index is 1.35. The maximum Gasteiger partial charge on any atom is 0.318 e. The molecule has 2 amide bonds. The van der Waals surface area contributed by atoms with Crippen LogP contribution < -0.4 is 5.32 Å². The molecular weight excluding hydrogens is 390 g/mol. The minimum atomic E-state index is -3.37. The number of nitrogens with one attached hydrogen (secondary N) is 1. The molecule has 6 nitrogen and oxygen atoms in total. The molecular formula is C17H21N3O3S3. The van der Waals surface area contributed by atoms with Crippen molar-refractivity contribution in [2.45, 2.75) is 36.6 Å². The SMILES string of the molecule is O=C(NCc1ccc(S(=O)(=O)N2CCCC2)s1)N1CCc2sccc2C1. The molecule has 1 saturated heterocycles. The third-order valence-electron chi connectivity index (χ3n) is 4.80. The van der Waals surface area contributed by atoms with Gasteiger partial charge < -0.3 is 10.2 Å². The van der Waals surface area contributed by atoms with Crippen LogP contribution in [0.3, 0.4) is 0 Å². The normalized spacial score (nSPS) is 18.1. The Morgan fingerprint density at radius 3 is 2.77 bits per heavy atom. The topological polar surface area (TPSA) is 69.7 Å². The first-order valence-electron chi connectivity index (χ1n) is 8.71. The van der Waals surface area contributed by atoms with Crippen molar-refractivity contribution in [2.24, 2.45) is 0 Å². The van der Waals surface area contributed by atoms with Crippen molar-refractivity contribution >= 4 is 38.7 Å². The molecule has 1 N–H and O–H groups in total. The molecule has 0 atom stereocenters. The number of thiophene rings is 2. The van der Waals surface area contributed by atoms with Crippen LogP contribution in [0.5, 0.6) is 0 Å². The van der Waals surface area contributed by atoms with Gasteiger partial charge in [0.05, 0.1) is 6.54 Å². The van der Waals surface area contributed by atoms with E-state index in [9.17, 15) is 13.2 Å². The van der Waals surface area contributed by atoms with Crippen LogP contribution in [0.4, 0.5) is 4.79 Å². The first kappa shape index (κ1) is 18.0. The summed E-state index contributed by atoms with van der Waals surface area (Å²) in [5.41, 5.74) is 1.23. The number of rotatable bonds is 4. The minimum Gasteiger partial charge on any atom is -0.333 e. The van der Waals surface area contributed by atoms with Gasteiger partial charge in [0, 0.05) is 35.9 Å². The zero-order valence-electron chi connectivity index (χ0n) is 14.3. The fourth-order valence-electron chi connectivity index (χ4n) is 3.34. The van der Waals surface area contributed by atoms with Gasteiger partial charge in [-0.15, -0.1) is 22.7 Å². The predicted molar refractivity (Wildman–Crippen MR) is 103 cm³/mol. The summed E-state index contributed by atoms with van der Waals surface area (Å²) in [6, 6.07) is 5.42. The van der Waals surface area contributed by atoms with Crippen LogP contribution >= 0.6 is 22.7 Å². The second-order valence-corrected chi connectivity index (χ2v) is 10.9. The molecule has 0 aromatic carbocycles. The second kappa shape index (κ2) is 7.30. The Morgan fingerprint density at radius 1 is 1.15 bits per heavy atom. The summed E-state index contributed by atoms with van der Waals surface area (Å²) >= 11 is 2.99. The number of urea groups is 1. The van der Waals surface area contributed by atoms with E-state index in [0.29, 0.717) is 30.4 Å². The van der Waals surface area contributed by atoms with Gasteiger partial charge in [0.25, 0.3) is 10.0 Å². The number of carbonyl (C=O) groups excluding carboxylic acids is 1. The number of amides is 2. The Bertz CT molecular complexity index is 897. The van der Waals surface area contributed by atoms with E-state index in [2.05, 4.69) is 16.8 Å². The van der Waals surface area contributed by atoms with Crippen LogP contribution in [0.15, 0.2) is 27.8 Å². The number of hydrogen-bond donors (Lipinski definition) is 1. The van der Waals surface area contributed by atoms with Crippen LogP contribution in [-0.4, -0.2) is 43.3 Å². The van der Waals surface area contributed by atoms with Gasteiger partial charge in [-0.1, -0.05) is 0 Å². The highest BCUT2D eigenvalue weighted by atomic mass is 32.2. The summed E-state index contributed by atoms with van der Waals surface area (Å²) in [5.74, 6) is 0. The molecule has 4 rings (SSSR count). The molecule has 0 radical (unpaired) electrons. The van der Waals surface area contributed by atoms with Gasteiger partial charge in [-0.05, 0) is 48.4 Å².